The Morgan fingerprint density at radius 2 is 2.26 bits per heavy atom. The van der Waals surface area contributed by atoms with Crippen LogP contribution in [-0.2, 0) is 9.53 Å². The molecular weight excluding hydrogens is 250 g/mol. The molecule has 1 aromatic rings. The number of amides is 1. The van der Waals surface area contributed by atoms with Gasteiger partial charge >= 0.3 is 0 Å². The lowest BCUT2D eigenvalue weighted by Gasteiger charge is -2.11. The molecule has 0 bridgehead atoms. The zero-order valence-corrected chi connectivity index (χ0v) is 11.1. The summed E-state index contributed by atoms with van der Waals surface area (Å²) in [5, 5.41) is 5.50. The lowest BCUT2D eigenvalue weighted by Crippen LogP contribution is -2.32. The van der Waals surface area contributed by atoms with E-state index in [0.29, 0.717) is 31.5 Å². The predicted molar refractivity (Wildman–Crippen MR) is 71.0 cm³/mol. The quantitative estimate of drug-likeness (QED) is 0.552. The third-order valence-electron chi connectivity index (χ3n) is 2.17. The average molecular weight is 269 g/mol. The maximum atomic E-state index is 11.5. The molecule has 0 aliphatic carbocycles. The topological polar surface area (TPSA) is 111 Å². The first-order valence-corrected chi connectivity index (χ1v) is 5.91. The monoisotopic (exact) mass is 269 g/mol. The minimum atomic E-state index is -0.173. The number of ether oxygens (including phenoxy) is 2. The van der Waals surface area contributed by atoms with Crippen LogP contribution >= 0.6 is 0 Å². The summed E-state index contributed by atoms with van der Waals surface area (Å²) in [6, 6.07) is 0. The Bertz CT molecular complexity index is 413. The summed E-state index contributed by atoms with van der Waals surface area (Å²) in [7, 11) is 1.57. The Balaban J connectivity index is 2.48. The van der Waals surface area contributed by atoms with Crippen molar-refractivity contribution in [1.82, 2.24) is 15.3 Å². The van der Waals surface area contributed by atoms with Crippen LogP contribution in [0, 0.1) is 0 Å². The van der Waals surface area contributed by atoms with Crippen molar-refractivity contribution in [2.75, 3.05) is 44.5 Å². The molecule has 0 aliphatic rings. The van der Waals surface area contributed by atoms with Crippen molar-refractivity contribution in [3.05, 3.63) is 6.33 Å². The van der Waals surface area contributed by atoms with E-state index < -0.39 is 0 Å². The molecule has 4 N–H and O–H groups in total. The van der Waals surface area contributed by atoms with Crippen LogP contribution in [-0.4, -0.2) is 49.3 Å². The third kappa shape index (κ3) is 4.96. The van der Waals surface area contributed by atoms with E-state index in [2.05, 4.69) is 20.6 Å². The highest BCUT2D eigenvalue weighted by Crippen LogP contribution is 2.23. The number of carbonyl (C=O) groups excluding carboxylic acids is 1. The molecule has 0 aromatic carbocycles. The van der Waals surface area contributed by atoms with Gasteiger partial charge in [0.15, 0.2) is 5.82 Å². The summed E-state index contributed by atoms with van der Waals surface area (Å²) in [4.78, 5) is 19.3. The van der Waals surface area contributed by atoms with E-state index in [1.165, 1.54) is 6.33 Å². The van der Waals surface area contributed by atoms with Crippen molar-refractivity contribution in [1.29, 1.82) is 0 Å². The molecule has 0 radical (unpaired) electrons. The van der Waals surface area contributed by atoms with E-state index in [9.17, 15) is 4.79 Å². The van der Waals surface area contributed by atoms with E-state index in [4.69, 9.17) is 15.2 Å². The fourth-order valence-electron chi connectivity index (χ4n) is 1.29. The van der Waals surface area contributed by atoms with Crippen LogP contribution in [0.2, 0.25) is 0 Å². The second-order valence-corrected chi connectivity index (χ2v) is 3.57. The van der Waals surface area contributed by atoms with Gasteiger partial charge in [0.1, 0.15) is 12.0 Å². The molecule has 0 unspecified atom stereocenters. The van der Waals surface area contributed by atoms with Crippen molar-refractivity contribution >= 4 is 17.4 Å². The molecule has 1 heterocycles. The first kappa shape index (κ1) is 15.0. The van der Waals surface area contributed by atoms with E-state index in [0.717, 1.165) is 0 Å². The second kappa shape index (κ2) is 8.09. The summed E-state index contributed by atoms with van der Waals surface area (Å²) < 4.78 is 10.1. The number of anilines is 2. The van der Waals surface area contributed by atoms with Crippen LogP contribution in [0.3, 0.4) is 0 Å². The smallest absolute Gasteiger partial charge is 0.242 e. The molecule has 106 valence electrons. The maximum absolute atomic E-state index is 11.5. The molecule has 0 fully saturated rings. The zero-order valence-electron chi connectivity index (χ0n) is 11.1. The van der Waals surface area contributed by atoms with Crippen LogP contribution in [0.15, 0.2) is 6.33 Å². The van der Waals surface area contributed by atoms with Crippen LogP contribution in [0.1, 0.15) is 6.92 Å². The highest BCUT2D eigenvalue weighted by Gasteiger charge is 2.09. The average Bonchev–Trinajstić information content (AvgIpc) is 2.40. The number of nitrogens with zero attached hydrogens (tertiary/aromatic N) is 2. The highest BCUT2D eigenvalue weighted by atomic mass is 16.5. The SMILES string of the molecule is CCOc1ncnc(NCC(=O)NCCOC)c1N. The van der Waals surface area contributed by atoms with Crippen LogP contribution in [0.5, 0.6) is 5.88 Å². The Hall–Kier alpha value is -2.09. The number of nitrogens with one attached hydrogen (secondary N) is 2. The molecule has 8 heteroatoms. The standard InChI is InChI=1S/C11H19N5O3/c1-3-19-11-9(12)10(15-7-16-11)14-6-8(17)13-4-5-18-2/h7H,3-6,12H2,1-2H3,(H,13,17)(H,14,15,16). The number of hydrogen-bond acceptors (Lipinski definition) is 7. The van der Waals surface area contributed by atoms with E-state index in [-0.39, 0.29) is 18.1 Å². The molecular formula is C11H19N5O3. The summed E-state index contributed by atoms with van der Waals surface area (Å²) in [6.45, 7) is 3.28. The van der Waals surface area contributed by atoms with Crippen molar-refractivity contribution in [2.45, 2.75) is 6.92 Å². The van der Waals surface area contributed by atoms with Gasteiger partial charge in [-0.25, -0.2) is 4.98 Å². The molecule has 0 aliphatic heterocycles. The number of nitrogen functional groups attached to an aromatic ring is 1. The molecule has 0 saturated heterocycles. The number of nitrogens with two attached hydrogens (primary N) is 1. The number of hydrogen-bond donors (Lipinski definition) is 3. The molecule has 1 rings (SSSR count). The number of methoxy groups -OCH3 is 1. The molecule has 0 atom stereocenters. The lowest BCUT2D eigenvalue weighted by molar-refractivity contribution is -0.119. The van der Waals surface area contributed by atoms with Gasteiger partial charge in [-0.1, -0.05) is 0 Å². The van der Waals surface area contributed by atoms with Crippen LogP contribution < -0.4 is 21.1 Å². The van der Waals surface area contributed by atoms with E-state index >= 15 is 0 Å². The van der Waals surface area contributed by atoms with E-state index in [1.54, 1.807) is 7.11 Å². The van der Waals surface area contributed by atoms with Crippen LogP contribution in [0.4, 0.5) is 11.5 Å². The summed E-state index contributed by atoms with van der Waals surface area (Å²) >= 11 is 0. The molecule has 0 saturated carbocycles. The van der Waals surface area contributed by atoms with Crippen molar-refractivity contribution in [2.24, 2.45) is 0 Å². The van der Waals surface area contributed by atoms with Gasteiger partial charge < -0.3 is 25.8 Å². The minimum Gasteiger partial charge on any atom is -0.476 e. The molecule has 8 nitrogen and oxygen atoms in total. The second-order valence-electron chi connectivity index (χ2n) is 3.57. The van der Waals surface area contributed by atoms with Crippen molar-refractivity contribution in [3.8, 4) is 5.88 Å². The number of aromatic nitrogens is 2. The van der Waals surface area contributed by atoms with Gasteiger partial charge in [-0.2, -0.15) is 4.98 Å². The first-order valence-electron chi connectivity index (χ1n) is 5.91. The van der Waals surface area contributed by atoms with Crippen molar-refractivity contribution < 1.29 is 14.3 Å². The Morgan fingerprint density at radius 3 is 2.95 bits per heavy atom. The minimum absolute atomic E-state index is 0.0660. The summed E-state index contributed by atoms with van der Waals surface area (Å²) in [5.74, 6) is 0.508. The largest absolute Gasteiger partial charge is 0.476 e. The fraction of sp³-hybridized carbons (Fsp3) is 0.545. The highest BCUT2D eigenvalue weighted by molar-refractivity contribution is 5.81. The summed E-state index contributed by atoms with van der Waals surface area (Å²) in [5.41, 5.74) is 6.10. The Kier molecular flexibility index (Phi) is 6.37. The normalized spacial score (nSPS) is 10.0. The fourth-order valence-corrected chi connectivity index (χ4v) is 1.29. The first-order chi connectivity index (χ1) is 9.19. The zero-order chi connectivity index (χ0) is 14.1. The van der Waals surface area contributed by atoms with Gasteiger partial charge in [-0.15, -0.1) is 0 Å². The van der Waals surface area contributed by atoms with Gasteiger partial charge in [0.05, 0.1) is 19.8 Å². The van der Waals surface area contributed by atoms with Gasteiger partial charge in [0.2, 0.25) is 11.8 Å². The van der Waals surface area contributed by atoms with Crippen molar-refractivity contribution in [3.63, 3.8) is 0 Å². The van der Waals surface area contributed by atoms with Gasteiger partial charge in [-0.3, -0.25) is 4.79 Å². The molecule has 0 spiro atoms. The number of rotatable bonds is 8. The Morgan fingerprint density at radius 1 is 1.47 bits per heavy atom. The van der Waals surface area contributed by atoms with Gasteiger partial charge in [0, 0.05) is 13.7 Å². The van der Waals surface area contributed by atoms with Crippen LogP contribution in [0.25, 0.3) is 0 Å². The lowest BCUT2D eigenvalue weighted by atomic mass is 10.4. The Labute approximate surface area is 111 Å². The van der Waals surface area contributed by atoms with Gasteiger partial charge in [0.25, 0.3) is 0 Å². The molecule has 19 heavy (non-hydrogen) atoms. The van der Waals surface area contributed by atoms with E-state index in [1.807, 2.05) is 6.92 Å². The molecule has 1 amide bonds. The maximum Gasteiger partial charge on any atom is 0.242 e. The predicted octanol–water partition coefficient (Wildman–Crippen LogP) is -0.368. The molecule has 1 aromatic heterocycles. The third-order valence-corrected chi connectivity index (χ3v) is 2.17. The number of carbonyl (C=O) groups is 1. The van der Waals surface area contributed by atoms with Gasteiger partial charge in [-0.05, 0) is 6.92 Å². The summed E-state index contributed by atoms with van der Waals surface area (Å²) in [6.07, 6.45) is 1.33.